The Hall–Kier alpha value is -3.66. The summed E-state index contributed by atoms with van der Waals surface area (Å²) < 4.78 is 1.73. The summed E-state index contributed by atoms with van der Waals surface area (Å²) >= 11 is 0. The van der Waals surface area contributed by atoms with Crippen LogP contribution in [0.4, 0.5) is 17.3 Å². The van der Waals surface area contributed by atoms with E-state index in [2.05, 4.69) is 27.3 Å². The summed E-state index contributed by atoms with van der Waals surface area (Å²) in [5, 5.41) is 17.1. The fourth-order valence-electron chi connectivity index (χ4n) is 5.14. The van der Waals surface area contributed by atoms with E-state index in [1.54, 1.807) is 4.52 Å². The number of nitrogens with zero attached hydrogens (tertiary/aromatic N) is 6. The number of carbonyl (C=O) groups is 2. The lowest BCUT2D eigenvalue weighted by atomic mass is 9.97. The van der Waals surface area contributed by atoms with Gasteiger partial charge >= 0.3 is 5.97 Å². The molecule has 0 spiro atoms. The first-order valence-corrected chi connectivity index (χ1v) is 12.5. The molecule has 2 aliphatic rings. The third-order valence-electron chi connectivity index (χ3n) is 7.47. The van der Waals surface area contributed by atoms with Crippen molar-refractivity contribution in [3.8, 4) is 0 Å². The van der Waals surface area contributed by atoms with E-state index in [0.29, 0.717) is 37.4 Å². The first kappa shape index (κ1) is 24.1. The van der Waals surface area contributed by atoms with Gasteiger partial charge in [-0.2, -0.15) is 4.98 Å². The largest absolute Gasteiger partial charge is 0.481 e. The van der Waals surface area contributed by atoms with Gasteiger partial charge in [0.25, 0.3) is 5.91 Å². The molecule has 2 fully saturated rings. The molecule has 2 aromatic heterocycles. The second-order valence-corrected chi connectivity index (χ2v) is 9.85. The van der Waals surface area contributed by atoms with E-state index < -0.39 is 5.97 Å². The maximum atomic E-state index is 13.0. The molecule has 2 aliphatic heterocycles. The zero-order valence-corrected chi connectivity index (χ0v) is 20.8. The Balaban J connectivity index is 1.26. The Labute approximate surface area is 210 Å². The van der Waals surface area contributed by atoms with E-state index in [4.69, 9.17) is 4.98 Å². The van der Waals surface area contributed by atoms with Gasteiger partial charge in [-0.15, -0.1) is 5.10 Å². The molecule has 1 aromatic carbocycles. The highest BCUT2D eigenvalue weighted by Gasteiger charge is 2.27. The van der Waals surface area contributed by atoms with Crippen molar-refractivity contribution in [1.29, 1.82) is 0 Å². The number of aliphatic carboxylic acids is 1. The van der Waals surface area contributed by atoms with Crippen molar-refractivity contribution >= 4 is 34.8 Å². The molecule has 0 aliphatic carbocycles. The third-order valence-corrected chi connectivity index (χ3v) is 7.47. The van der Waals surface area contributed by atoms with Gasteiger partial charge in [0.1, 0.15) is 0 Å². The lowest BCUT2D eigenvalue weighted by Gasteiger charge is -2.35. The van der Waals surface area contributed by atoms with Crippen LogP contribution in [0.1, 0.15) is 36.0 Å². The number of amides is 1. The van der Waals surface area contributed by atoms with Crippen molar-refractivity contribution in [2.45, 2.75) is 31.7 Å². The predicted octanol–water partition coefficient (Wildman–Crippen LogP) is 2.94. The molecule has 0 radical (unpaired) electrons. The van der Waals surface area contributed by atoms with Gasteiger partial charge in [0.2, 0.25) is 5.95 Å². The highest BCUT2D eigenvalue weighted by Crippen LogP contribution is 2.27. The molecule has 3 aromatic rings. The van der Waals surface area contributed by atoms with Gasteiger partial charge in [-0.25, -0.2) is 4.52 Å². The van der Waals surface area contributed by atoms with Crippen molar-refractivity contribution < 1.29 is 14.7 Å². The molecule has 0 atom stereocenters. The molecular weight excluding hydrogens is 458 g/mol. The number of pyridine rings is 1. The van der Waals surface area contributed by atoms with Crippen LogP contribution in [0.25, 0.3) is 5.65 Å². The van der Waals surface area contributed by atoms with Crippen LogP contribution in [0.2, 0.25) is 0 Å². The Bertz CT molecular complexity index is 1230. The fourth-order valence-corrected chi connectivity index (χ4v) is 5.14. The average Bonchev–Trinajstić information content (AvgIpc) is 3.31. The second-order valence-electron chi connectivity index (χ2n) is 9.85. The molecule has 36 heavy (non-hydrogen) atoms. The SMILES string of the molecule is CN1CCC(N(C)C(=O)c2ccc(Nc3nc4c(N5CCC(C(=O)O)CC5)cccn4n3)cc2)CC1. The maximum Gasteiger partial charge on any atom is 0.306 e. The van der Waals surface area contributed by atoms with Gasteiger partial charge in [0.05, 0.1) is 11.6 Å². The molecule has 10 nitrogen and oxygen atoms in total. The molecule has 0 saturated carbocycles. The van der Waals surface area contributed by atoms with Crippen LogP contribution in [0, 0.1) is 5.92 Å². The molecular formula is C26H33N7O3. The van der Waals surface area contributed by atoms with Crippen LogP contribution >= 0.6 is 0 Å². The van der Waals surface area contributed by atoms with Gasteiger partial charge in [-0.1, -0.05) is 0 Å². The van der Waals surface area contributed by atoms with E-state index in [1.807, 2.05) is 54.5 Å². The molecule has 4 heterocycles. The number of carboxylic acid groups (broad SMARTS) is 1. The third kappa shape index (κ3) is 4.99. The normalized spacial score (nSPS) is 17.9. The van der Waals surface area contributed by atoms with Gasteiger partial charge in [-0.3, -0.25) is 9.59 Å². The fraction of sp³-hybridized carbons (Fsp3) is 0.462. The first-order chi connectivity index (χ1) is 17.4. The Kier molecular flexibility index (Phi) is 6.77. The van der Waals surface area contributed by atoms with E-state index >= 15 is 0 Å². The Morgan fingerprint density at radius 3 is 2.39 bits per heavy atom. The number of carbonyl (C=O) groups excluding carboxylic acids is 1. The monoisotopic (exact) mass is 491 g/mol. The molecule has 0 bridgehead atoms. The van der Waals surface area contributed by atoms with Crippen molar-refractivity contribution in [3.63, 3.8) is 0 Å². The van der Waals surface area contributed by atoms with Crippen molar-refractivity contribution in [3.05, 3.63) is 48.2 Å². The van der Waals surface area contributed by atoms with Gasteiger partial charge in [-0.05, 0) is 82.2 Å². The molecule has 0 unspecified atom stereocenters. The van der Waals surface area contributed by atoms with Gasteiger partial charge in [0.15, 0.2) is 5.65 Å². The summed E-state index contributed by atoms with van der Waals surface area (Å²) in [6, 6.07) is 11.6. The average molecular weight is 492 g/mol. The summed E-state index contributed by atoms with van der Waals surface area (Å²) in [4.78, 5) is 35.3. The molecule has 1 amide bonds. The first-order valence-electron chi connectivity index (χ1n) is 12.5. The topological polar surface area (TPSA) is 106 Å². The van der Waals surface area contributed by atoms with E-state index in [0.717, 1.165) is 43.0 Å². The molecule has 2 saturated heterocycles. The summed E-state index contributed by atoms with van der Waals surface area (Å²) in [6.45, 7) is 3.38. The highest BCUT2D eigenvalue weighted by atomic mass is 16.4. The Morgan fingerprint density at radius 1 is 1.03 bits per heavy atom. The number of aromatic nitrogens is 3. The summed E-state index contributed by atoms with van der Waals surface area (Å²) in [5.41, 5.74) is 3.13. The van der Waals surface area contributed by atoms with Crippen LogP contribution in [-0.4, -0.2) is 87.7 Å². The van der Waals surface area contributed by atoms with E-state index in [1.165, 1.54) is 0 Å². The number of rotatable bonds is 6. The minimum absolute atomic E-state index is 0.0401. The minimum Gasteiger partial charge on any atom is -0.481 e. The standard InChI is InChI=1S/C26H33N7O3/c1-30-14-11-21(12-15-30)31(2)24(34)18-5-7-20(8-6-18)27-26-28-23-22(4-3-13-33(23)29-26)32-16-9-19(10-17-32)25(35)36/h3-8,13,19,21H,9-12,14-17H2,1-2H3,(H,27,29)(H,35,36). The quantitative estimate of drug-likeness (QED) is 0.542. The molecule has 5 rings (SSSR count). The highest BCUT2D eigenvalue weighted by molar-refractivity contribution is 5.94. The van der Waals surface area contributed by atoms with Crippen molar-refractivity contribution in [1.82, 2.24) is 24.4 Å². The Morgan fingerprint density at radius 2 is 1.72 bits per heavy atom. The maximum absolute atomic E-state index is 13.0. The van der Waals surface area contributed by atoms with Crippen LogP contribution in [-0.2, 0) is 4.79 Å². The number of fused-ring (bicyclic) bond motifs is 1. The van der Waals surface area contributed by atoms with Crippen LogP contribution in [0.15, 0.2) is 42.6 Å². The summed E-state index contributed by atoms with van der Waals surface area (Å²) in [6.07, 6.45) is 5.08. The smallest absolute Gasteiger partial charge is 0.306 e. The van der Waals surface area contributed by atoms with Gasteiger partial charge in [0, 0.05) is 43.6 Å². The molecule has 10 heteroatoms. The second kappa shape index (κ2) is 10.1. The number of carboxylic acids is 1. The van der Waals surface area contributed by atoms with Crippen molar-refractivity contribution in [2.24, 2.45) is 5.92 Å². The van der Waals surface area contributed by atoms with Gasteiger partial charge < -0.3 is 25.1 Å². The molecule has 190 valence electrons. The lowest BCUT2D eigenvalue weighted by Crippen LogP contribution is -2.44. The van der Waals surface area contributed by atoms with E-state index in [-0.39, 0.29) is 17.9 Å². The van der Waals surface area contributed by atoms with Crippen LogP contribution in [0.5, 0.6) is 0 Å². The summed E-state index contributed by atoms with van der Waals surface area (Å²) in [7, 11) is 4.01. The predicted molar refractivity (Wildman–Crippen MR) is 138 cm³/mol. The zero-order valence-electron chi connectivity index (χ0n) is 20.8. The minimum atomic E-state index is -0.719. The number of hydrogen-bond acceptors (Lipinski definition) is 7. The number of anilines is 3. The number of benzene rings is 1. The zero-order chi connectivity index (χ0) is 25.2. The van der Waals surface area contributed by atoms with Crippen LogP contribution in [0.3, 0.4) is 0 Å². The lowest BCUT2D eigenvalue weighted by molar-refractivity contribution is -0.142. The molecule has 2 N–H and O–H groups in total. The van der Waals surface area contributed by atoms with Crippen LogP contribution < -0.4 is 10.2 Å². The van der Waals surface area contributed by atoms with Crippen molar-refractivity contribution in [2.75, 3.05) is 50.5 Å². The number of nitrogens with one attached hydrogen (secondary N) is 1. The van der Waals surface area contributed by atoms with E-state index in [9.17, 15) is 14.7 Å². The number of piperidine rings is 2. The summed E-state index contributed by atoms with van der Waals surface area (Å²) in [5.74, 6) is -0.498. The number of hydrogen-bond donors (Lipinski definition) is 2. The number of likely N-dealkylation sites (tertiary alicyclic amines) is 1.